The summed E-state index contributed by atoms with van der Waals surface area (Å²) in [5.41, 5.74) is -2.04. The summed E-state index contributed by atoms with van der Waals surface area (Å²) in [5.74, 6) is -0.514. The van der Waals surface area contributed by atoms with Crippen LogP contribution in [0.4, 0.5) is 0 Å². The molecule has 3 rings (SSSR count). The van der Waals surface area contributed by atoms with Crippen LogP contribution < -0.4 is 0 Å². The fourth-order valence-electron chi connectivity index (χ4n) is 5.94. The molecule has 0 saturated heterocycles. The standard InChI is InChI=1S/C30H40O4/c1-25(2)19-30(9,20-12-10-15-28(7,17-14-20)23(31)26(3,4)33)22-18-29(8,16-11-13-21(22)25)24(32)27(5,6)34/h10-18,33-34H,19H2,1-9H3. The third-order valence-electron chi connectivity index (χ3n) is 7.61. The molecule has 4 heteroatoms. The second-order valence-electron chi connectivity index (χ2n) is 12.5. The minimum Gasteiger partial charge on any atom is -0.383 e. The van der Waals surface area contributed by atoms with Gasteiger partial charge in [0.1, 0.15) is 11.2 Å². The van der Waals surface area contributed by atoms with Crippen LogP contribution in [-0.4, -0.2) is 33.0 Å². The van der Waals surface area contributed by atoms with Crippen molar-refractivity contribution in [2.45, 2.75) is 79.9 Å². The van der Waals surface area contributed by atoms with Crippen LogP contribution in [0, 0.1) is 21.7 Å². The molecule has 3 unspecified atom stereocenters. The molecular weight excluding hydrogens is 424 g/mol. The van der Waals surface area contributed by atoms with Crippen molar-refractivity contribution in [1.29, 1.82) is 0 Å². The lowest BCUT2D eigenvalue weighted by molar-refractivity contribution is -0.139. The first-order valence-electron chi connectivity index (χ1n) is 12.0. The SMILES string of the molecule is CC(C)(O)C(=O)C1(C)C=CC=C(C2(C)CC(C)(C)C3=CC=CC(C)(C(=O)C(C)(C)O)C=C32)C=C1. The van der Waals surface area contributed by atoms with Gasteiger partial charge < -0.3 is 10.2 Å². The third kappa shape index (κ3) is 4.38. The molecule has 3 aliphatic carbocycles. The lowest BCUT2D eigenvalue weighted by atomic mass is 9.70. The first-order chi connectivity index (χ1) is 15.3. The molecule has 1 fully saturated rings. The van der Waals surface area contributed by atoms with Crippen molar-refractivity contribution >= 4 is 11.6 Å². The molecule has 0 amide bonds. The fraction of sp³-hybridized carbons (Fsp3) is 0.533. The third-order valence-corrected chi connectivity index (χ3v) is 7.61. The van der Waals surface area contributed by atoms with Gasteiger partial charge in [-0.15, -0.1) is 0 Å². The van der Waals surface area contributed by atoms with E-state index in [1.807, 2.05) is 62.5 Å². The maximum Gasteiger partial charge on any atom is 0.177 e. The number of Topliss-reactive ketones (excluding diaryl/α,β-unsaturated/α-hetero) is 2. The maximum atomic E-state index is 13.3. The fourth-order valence-corrected chi connectivity index (χ4v) is 5.94. The zero-order chi connectivity index (χ0) is 26.0. The monoisotopic (exact) mass is 464 g/mol. The van der Waals surface area contributed by atoms with Crippen molar-refractivity contribution < 1.29 is 19.8 Å². The summed E-state index contributed by atoms with van der Waals surface area (Å²) in [4.78, 5) is 26.2. The molecular formula is C30H40O4. The quantitative estimate of drug-likeness (QED) is 0.556. The van der Waals surface area contributed by atoms with E-state index >= 15 is 0 Å². The van der Waals surface area contributed by atoms with E-state index in [2.05, 4.69) is 26.8 Å². The second-order valence-corrected chi connectivity index (χ2v) is 12.5. The highest BCUT2D eigenvalue weighted by Gasteiger charge is 2.51. The Morgan fingerprint density at radius 3 is 1.82 bits per heavy atom. The summed E-state index contributed by atoms with van der Waals surface area (Å²) in [5, 5.41) is 20.9. The van der Waals surface area contributed by atoms with Gasteiger partial charge in [0.15, 0.2) is 11.6 Å². The van der Waals surface area contributed by atoms with E-state index < -0.39 is 27.4 Å². The summed E-state index contributed by atoms with van der Waals surface area (Å²) in [6.07, 6.45) is 18.4. The van der Waals surface area contributed by atoms with Crippen molar-refractivity contribution in [3.63, 3.8) is 0 Å². The molecule has 0 radical (unpaired) electrons. The average molecular weight is 465 g/mol. The smallest absolute Gasteiger partial charge is 0.177 e. The van der Waals surface area contributed by atoms with E-state index in [9.17, 15) is 19.8 Å². The first kappa shape index (κ1) is 26.3. The molecule has 0 bridgehead atoms. The Kier molecular flexibility index (Phi) is 6.08. The highest BCUT2D eigenvalue weighted by molar-refractivity contribution is 5.96. The van der Waals surface area contributed by atoms with Crippen molar-refractivity contribution in [3.05, 3.63) is 71.4 Å². The molecule has 1 saturated carbocycles. The number of aliphatic hydroxyl groups is 2. The molecule has 0 aromatic heterocycles. The number of carbonyl (C=O) groups is 2. The van der Waals surface area contributed by atoms with Gasteiger partial charge in [0.05, 0.1) is 10.8 Å². The van der Waals surface area contributed by atoms with Gasteiger partial charge in [-0.1, -0.05) is 75.5 Å². The second kappa shape index (κ2) is 7.86. The van der Waals surface area contributed by atoms with Crippen molar-refractivity contribution in [2.75, 3.05) is 0 Å². The van der Waals surface area contributed by atoms with Gasteiger partial charge in [0.2, 0.25) is 0 Å². The molecule has 4 nitrogen and oxygen atoms in total. The maximum absolute atomic E-state index is 13.3. The zero-order valence-corrected chi connectivity index (χ0v) is 22.1. The first-order valence-corrected chi connectivity index (χ1v) is 12.0. The largest absolute Gasteiger partial charge is 0.383 e. The lowest BCUT2D eigenvalue weighted by Crippen LogP contribution is -2.41. The van der Waals surface area contributed by atoms with Crippen molar-refractivity contribution in [2.24, 2.45) is 21.7 Å². The molecule has 3 aliphatic rings. The Labute approximate surface area is 204 Å². The van der Waals surface area contributed by atoms with Gasteiger partial charge >= 0.3 is 0 Å². The van der Waals surface area contributed by atoms with E-state index in [0.717, 1.165) is 17.6 Å². The van der Waals surface area contributed by atoms with Crippen LogP contribution in [-0.2, 0) is 9.59 Å². The highest BCUT2D eigenvalue weighted by atomic mass is 16.3. The molecule has 0 spiro atoms. The van der Waals surface area contributed by atoms with Gasteiger partial charge in [-0.3, -0.25) is 9.59 Å². The van der Waals surface area contributed by atoms with Crippen LogP contribution in [0.15, 0.2) is 71.4 Å². The van der Waals surface area contributed by atoms with E-state index in [-0.39, 0.29) is 17.0 Å². The Balaban J connectivity index is 2.15. The molecule has 34 heavy (non-hydrogen) atoms. The van der Waals surface area contributed by atoms with Crippen LogP contribution in [0.2, 0.25) is 0 Å². The summed E-state index contributed by atoms with van der Waals surface area (Å²) < 4.78 is 0. The van der Waals surface area contributed by atoms with E-state index in [4.69, 9.17) is 0 Å². The summed E-state index contributed by atoms with van der Waals surface area (Å²) >= 11 is 0. The van der Waals surface area contributed by atoms with Crippen LogP contribution in [0.5, 0.6) is 0 Å². The number of hydrogen-bond donors (Lipinski definition) is 2. The van der Waals surface area contributed by atoms with Gasteiger partial charge in [-0.2, -0.15) is 0 Å². The Bertz CT molecular complexity index is 1090. The zero-order valence-electron chi connectivity index (χ0n) is 22.1. The Morgan fingerprint density at radius 2 is 1.26 bits per heavy atom. The van der Waals surface area contributed by atoms with Crippen LogP contribution in [0.1, 0.15) is 68.7 Å². The number of hydrogen-bond acceptors (Lipinski definition) is 4. The molecule has 2 N–H and O–H groups in total. The summed E-state index contributed by atoms with van der Waals surface area (Å²) in [6, 6.07) is 0. The number of fused-ring (bicyclic) bond motifs is 1. The number of allylic oxidation sites excluding steroid dienone is 12. The van der Waals surface area contributed by atoms with Gasteiger partial charge in [-0.25, -0.2) is 0 Å². The summed E-state index contributed by atoms with van der Waals surface area (Å²) in [6.45, 7) is 16.4. The van der Waals surface area contributed by atoms with E-state index in [1.54, 1.807) is 0 Å². The van der Waals surface area contributed by atoms with Crippen molar-refractivity contribution in [1.82, 2.24) is 0 Å². The predicted molar refractivity (Wildman–Crippen MR) is 137 cm³/mol. The van der Waals surface area contributed by atoms with Crippen molar-refractivity contribution in [3.8, 4) is 0 Å². The minimum atomic E-state index is -1.46. The molecule has 0 aromatic rings. The summed E-state index contributed by atoms with van der Waals surface area (Å²) in [7, 11) is 0. The normalized spacial score (nSPS) is 32.9. The Morgan fingerprint density at radius 1 is 0.765 bits per heavy atom. The minimum absolute atomic E-state index is 0.134. The molecule has 0 heterocycles. The van der Waals surface area contributed by atoms with Crippen LogP contribution in [0.3, 0.4) is 0 Å². The molecule has 3 atom stereocenters. The molecule has 0 aliphatic heterocycles. The lowest BCUT2D eigenvalue weighted by Gasteiger charge is -2.33. The van der Waals surface area contributed by atoms with Gasteiger partial charge in [0, 0.05) is 5.41 Å². The Hall–Kier alpha value is -2.30. The molecule has 184 valence electrons. The predicted octanol–water partition coefficient (Wildman–Crippen LogP) is 5.59. The molecule has 0 aromatic carbocycles. The number of carbonyl (C=O) groups excluding carboxylic acids is 2. The highest BCUT2D eigenvalue weighted by Crippen LogP contribution is 2.61. The van der Waals surface area contributed by atoms with Crippen LogP contribution in [0.25, 0.3) is 0 Å². The topological polar surface area (TPSA) is 74.6 Å². The average Bonchev–Trinajstić information content (AvgIpc) is 2.90. The van der Waals surface area contributed by atoms with E-state index in [0.29, 0.717) is 0 Å². The van der Waals surface area contributed by atoms with E-state index in [1.165, 1.54) is 33.3 Å². The number of rotatable bonds is 5. The van der Waals surface area contributed by atoms with Crippen LogP contribution >= 0.6 is 0 Å². The number of ketones is 2. The van der Waals surface area contributed by atoms with Gasteiger partial charge in [0.25, 0.3) is 0 Å². The van der Waals surface area contributed by atoms with Gasteiger partial charge in [-0.05, 0) is 70.1 Å².